The van der Waals surface area contributed by atoms with Gasteiger partial charge in [-0.1, -0.05) is 44.2 Å². The molecule has 1 amide bonds. The van der Waals surface area contributed by atoms with Crippen LogP contribution in [0.3, 0.4) is 0 Å². The molecule has 45 heavy (non-hydrogen) atoms. The summed E-state index contributed by atoms with van der Waals surface area (Å²) in [4.78, 5) is 36.0. The van der Waals surface area contributed by atoms with E-state index < -0.39 is 38.6 Å². The maximum atomic E-state index is 13.6. The molecule has 0 aliphatic rings. The summed E-state index contributed by atoms with van der Waals surface area (Å²) in [6.45, 7) is 3.35. The number of nitrogens with one attached hydrogen (secondary N) is 1. The minimum Gasteiger partial charge on any atom is -0.497 e. The molecule has 238 valence electrons. The molecule has 13 heteroatoms. The van der Waals surface area contributed by atoms with Gasteiger partial charge < -0.3 is 19.6 Å². The zero-order chi connectivity index (χ0) is 32.7. The van der Waals surface area contributed by atoms with E-state index in [1.54, 1.807) is 18.2 Å². The highest BCUT2D eigenvalue weighted by Crippen LogP contribution is 2.24. The molecule has 0 saturated carbocycles. The number of ether oxygens (including phenoxy) is 1. The number of nitro groups is 1. The number of methoxy groups -OCH3 is 1. The number of hydrogen-bond donors (Lipinski definition) is 2. The molecule has 4 aromatic rings. The van der Waals surface area contributed by atoms with Crippen molar-refractivity contribution in [1.29, 1.82) is 0 Å². The summed E-state index contributed by atoms with van der Waals surface area (Å²) in [5.74, 6) is -0.136. The lowest BCUT2D eigenvalue weighted by atomic mass is 10.00. The average Bonchev–Trinajstić information content (AvgIpc) is 3.00. The van der Waals surface area contributed by atoms with Crippen LogP contribution in [0.4, 0.5) is 5.69 Å². The van der Waals surface area contributed by atoms with Gasteiger partial charge >= 0.3 is 5.63 Å². The molecular weight excluding hydrogens is 602 g/mol. The number of nitrogens with zero attached hydrogens (tertiary/aromatic N) is 2. The quantitative estimate of drug-likeness (QED) is 0.119. The second kappa shape index (κ2) is 14.5. The van der Waals surface area contributed by atoms with Gasteiger partial charge in [-0.05, 0) is 47.7 Å². The van der Waals surface area contributed by atoms with Crippen molar-refractivity contribution in [2.24, 2.45) is 5.92 Å². The van der Waals surface area contributed by atoms with Crippen molar-refractivity contribution in [1.82, 2.24) is 9.62 Å². The van der Waals surface area contributed by atoms with Crippen LogP contribution in [0, 0.1) is 16.0 Å². The lowest BCUT2D eigenvalue weighted by Gasteiger charge is -2.30. The van der Waals surface area contributed by atoms with Crippen LogP contribution in [0.2, 0.25) is 0 Å². The summed E-state index contributed by atoms with van der Waals surface area (Å²) in [5, 5.41) is 25.9. The fraction of sp³-hybridized carbons (Fsp3) is 0.312. The molecule has 1 aromatic heterocycles. The molecule has 0 saturated heterocycles. The van der Waals surface area contributed by atoms with Crippen molar-refractivity contribution >= 4 is 32.6 Å². The van der Waals surface area contributed by atoms with Crippen LogP contribution in [0.15, 0.2) is 93.0 Å². The SMILES string of the molecule is COc1ccc2c(CC(=O)N[C@@H](Cc3ccccc3)[C@H](O)CN(CC(C)C)S(=O)(=O)c3ccc([N+](=O)[O-])cc3)cc(=O)oc2c1. The molecule has 2 atom stereocenters. The number of aliphatic hydroxyl groups is 1. The Balaban J connectivity index is 1.61. The number of aliphatic hydroxyl groups excluding tert-OH is 1. The molecule has 0 unspecified atom stereocenters. The fourth-order valence-electron chi connectivity index (χ4n) is 4.97. The van der Waals surface area contributed by atoms with Crippen LogP contribution in [-0.4, -0.2) is 61.0 Å². The standard InChI is InChI=1S/C32H35N3O9S/c1-21(2)19-34(45(41,42)26-12-9-24(10-13-26)35(39)40)20-29(36)28(15-22-7-5-4-6-8-22)33-31(37)16-23-17-32(38)44-30-18-25(43-3)11-14-27(23)30/h4-14,17-18,21,28-29,36H,15-16,19-20H2,1-3H3,(H,33,37)/t28-,29+/m0/s1. The number of carbonyl (C=O) groups is 1. The molecule has 0 aliphatic heterocycles. The number of amides is 1. The van der Waals surface area contributed by atoms with Crippen molar-refractivity contribution in [3.63, 3.8) is 0 Å². The van der Waals surface area contributed by atoms with Gasteiger partial charge in [-0.25, -0.2) is 13.2 Å². The number of hydrogen-bond acceptors (Lipinski definition) is 9. The molecule has 0 aliphatic carbocycles. The fourth-order valence-corrected chi connectivity index (χ4v) is 6.59. The van der Waals surface area contributed by atoms with E-state index in [0.717, 1.165) is 34.1 Å². The average molecular weight is 638 g/mol. The van der Waals surface area contributed by atoms with E-state index in [4.69, 9.17) is 9.15 Å². The molecule has 1 heterocycles. The molecule has 0 spiro atoms. The highest BCUT2D eigenvalue weighted by Gasteiger charge is 2.32. The van der Waals surface area contributed by atoms with Crippen LogP contribution < -0.4 is 15.7 Å². The van der Waals surface area contributed by atoms with Crippen LogP contribution in [0.5, 0.6) is 5.75 Å². The van der Waals surface area contributed by atoms with Gasteiger partial charge in [0, 0.05) is 42.7 Å². The summed E-state index contributed by atoms with van der Waals surface area (Å²) in [6, 6.07) is 18.9. The molecule has 4 rings (SSSR count). The third-order valence-corrected chi connectivity index (χ3v) is 8.99. The largest absolute Gasteiger partial charge is 0.497 e. The Morgan fingerprint density at radius 1 is 1.04 bits per heavy atom. The van der Waals surface area contributed by atoms with E-state index in [0.29, 0.717) is 16.7 Å². The predicted molar refractivity (Wildman–Crippen MR) is 168 cm³/mol. The minimum absolute atomic E-state index is 0.0532. The van der Waals surface area contributed by atoms with Gasteiger partial charge in [0.1, 0.15) is 11.3 Å². The highest BCUT2D eigenvalue weighted by molar-refractivity contribution is 7.89. The van der Waals surface area contributed by atoms with Crippen molar-refractivity contribution in [3.05, 3.63) is 111 Å². The Morgan fingerprint density at radius 3 is 2.36 bits per heavy atom. The second-order valence-electron chi connectivity index (χ2n) is 11.0. The summed E-state index contributed by atoms with van der Waals surface area (Å²) in [7, 11) is -2.69. The number of sulfonamides is 1. The molecule has 3 aromatic carbocycles. The summed E-state index contributed by atoms with van der Waals surface area (Å²) in [6.07, 6.45) is -1.36. The van der Waals surface area contributed by atoms with E-state index in [-0.39, 0.29) is 48.0 Å². The highest BCUT2D eigenvalue weighted by atomic mass is 32.2. The maximum absolute atomic E-state index is 13.6. The molecule has 2 N–H and O–H groups in total. The Kier molecular flexibility index (Phi) is 10.7. The first-order chi connectivity index (χ1) is 21.4. The number of fused-ring (bicyclic) bond motifs is 1. The van der Waals surface area contributed by atoms with Gasteiger partial charge in [-0.2, -0.15) is 4.31 Å². The maximum Gasteiger partial charge on any atom is 0.336 e. The summed E-state index contributed by atoms with van der Waals surface area (Å²) >= 11 is 0. The van der Waals surface area contributed by atoms with E-state index in [2.05, 4.69) is 5.32 Å². The van der Waals surface area contributed by atoms with E-state index >= 15 is 0 Å². The summed E-state index contributed by atoms with van der Waals surface area (Å²) < 4.78 is 38.9. The van der Waals surface area contributed by atoms with Gasteiger partial charge in [0.05, 0.1) is 35.5 Å². The zero-order valence-electron chi connectivity index (χ0n) is 25.1. The first-order valence-corrected chi connectivity index (χ1v) is 15.7. The zero-order valence-corrected chi connectivity index (χ0v) is 25.9. The number of non-ortho nitro benzene ring substituents is 1. The lowest BCUT2D eigenvalue weighted by Crippen LogP contribution is -2.51. The third-order valence-electron chi connectivity index (χ3n) is 7.14. The normalized spacial score (nSPS) is 13.1. The number of carbonyl (C=O) groups excluding carboxylic acids is 1. The Hall–Kier alpha value is -4.59. The predicted octanol–water partition coefficient (Wildman–Crippen LogP) is 3.69. The van der Waals surface area contributed by atoms with Crippen LogP contribution in [-0.2, 0) is 27.7 Å². The Labute approximate surface area is 260 Å². The van der Waals surface area contributed by atoms with E-state index in [1.165, 1.54) is 13.2 Å². The van der Waals surface area contributed by atoms with Gasteiger partial charge in [0.15, 0.2) is 0 Å². The third kappa shape index (κ3) is 8.53. The van der Waals surface area contributed by atoms with E-state index in [1.807, 2.05) is 44.2 Å². The van der Waals surface area contributed by atoms with Crippen molar-refractivity contribution < 1.29 is 32.4 Å². The van der Waals surface area contributed by atoms with Gasteiger partial charge in [0.25, 0.3) is 5.69 Å². The van der Waals surface area contributed by atoms with Gasteiger partial charge in [-0.15, -0.1) is 0 Å². The molecule has 0 bridgehead atoms. The Morgan fingerprint density at radius 2 is 1.73 bits per heavy atom. The van der Waals surface area contributed by atoms with Crippen LogP contribution in [0.25, 0.3) is 11.0 Å². The smallest absolute Gasteiger partial charge is 0.336 e. The van der Waals surface area contributed by atoms with Crippen LogP contribution >= 0.6 is 0 Å². The van der Waals surface area contributed by atoms with Crippen molar-refractivity contribution in [2.75, 3.05) is 20.2 Å². The number of rotatable bonds is 14. The number of nitro benzene ring substituents is 1. The summed E-state index contributed by atoms with van der Waals surface area (Å²) in [5.41, 5.74) is 0.578. The lowest BCUT2D eigenvalue weighted by molar-refractivity contribution is -0.384. The van der Waals surface area contributed by atoms with E-state index in [9.17, 15) is 33.2 Å². The Bertz CT molecular complexity index is 1810. The van der Waals surface area contributed by atoms with Crippen LogP contribution in [0.1, 0.15) is 25.0 Å². The molecular formula is C32H35N3O9S. The topological polar surface area (TPSA) is 169 Å². The molecule has 0 radical (unpaired) electrons. The van der Waals surface area contributed by atoms with Gasteiger partial charge in [-0.3, -0.25) is 14.9 Å². The van der Waals surface area contributed by atoms with Crippen molar-refractivity contribution in [2.45, 2.75) is 43.7 Å². The second-order valence-corrected chi connectivity index (χ2v) is 13.0. The molecule has 12 nitrogen and oxygen atoms in total. The first-order valence-electron chi connectivity index (χ1n) is 14.2. The first kappa shape index (κ1) is 33.3. The number of benzene rings is 3. The molecule has 0 fully saturated rings. The monoisotopic (exact) mass is 637 g/mol. The minimum atomic E-state index is -4.17. The van der Waals surface area contributed by atoms with Crippen molar-refractivity contribution in [3.8, 4) is 5.75 Å². The van der Waals surface area contributed by atoms with Gasteiger partial charge in [0.2, 0.25) is 15.9 Å².